The predicted octanol–water partition coefficient (Wildman–Crippen LogP) is 4.16. The first-order valence-electron chi connectivity index (χ1n) is 7.91. The van der Waals surface area contributed by atoms with Crippen LogP contribution in [-0.2, 0) is 0 Å². The van der Waals surface area contributed by atoms with E-state index >= 15 is 0 Å². The van der Waals surface area contributed by atoms with Gasteiger partial charge in [-0.25, -0.2) is 0 Å². The van der Waals surface area contributed by atoms with Crippen LogP contribution < -0.4 is 0 Å². The molecule has 7 atom stereocenters. The first-order valence-corrected chi connectivity index (χ1v) is 7.91. The van der Waals surface area contributed by atoms with Crippen molar-refractivity contribution in [1.29, 1.82) is 0 Å². The third-order valence-electron chi connectivity index (χ3n) is 7.13. The van der Waals surface area contributed by atoms with E-state index in [1.165, 1.54) is 0 Å². The van der Waals surface area contributed by atoms with Crippen molar-refractivity contribution in [3.63, 3.8) is 0 Å². The second kappa shape index (κ2) is 4.14. The average Bonchev–Trinajstić information content (AvgIpc) is 3.12. The zero-order valence-corrected chi connectivity index (χ0v) is 11.8. The van der Waals surface area contributed by atoms with Crippen LogP contribution in [0.4, 0.5) is 26.3 Å². The summed E-state index contributed by atoms with van der Waals surface area (Å²) in [6.45, 7) is 0. The van der Waals surface area contributed by atoms with E-state index in [9.17, 15) is 31.4 Å². The third-order valence-corrected chi connectivity index (χ3v) is 7.13. The molecule has 4 saturated carbocycles. The Labute approximate surface area is 124 Å². The van der Waals surface area contributed by atoms with Crippen molar-refractivity contribution < 1.29 is 31.4 Å². The number of fused-ring (bicyclic) bond motifs is 9. The quantitative estimate of drug-likeness (QED) is 0.566. The number of aliphatic hydroxyl groups is 1. The lowest BCUT2D eigenvalue weighted by molar-refractivity contribution is -0.390. The van der Waals surface area contributed by atoms with Gasteiger partial charge in [0, 0.05) is 5.92 Å². The third kappa shape index (κ3) is 1.61. The summed E-state index contributed by atoms with van der Waals surface area (Å²) in [5, 5.41) is 9.75. The molecule has 4 aliphatic carbocycles. The zero-order chi connectivity index (χ0) is 16.1. The molecule has 0 heterocycles. The van der Waals surface area contributed by atoms with Gasteiger partial charge < -0.3 is 5.11 Å². The molecule has 4 rings (SSSR count). The smallest absolute Gasteiger partial charge is 0.373 e. The number of alkyl halides is 6. The molecule has 0 aromatic heterocycles. The van der Waals surface area contributed by atoms with Crippen molar-refractivity contribution in [1.82, 2.24) is 0 Å². The highest BCUT2D eigenvalue weighted by Crippen LogP contribution is 2.71. The van der Waals surface area contributed by atoms with Crippen LogP contribution in [0.25, 0.3) is 0 Å². The second-order valence-electron chi connectivity index (χ2n) is 7.75. The molecule has 0 aromatic rings. The van der Waals surface area contributed by atoms with Crippen molar-refractivity contribution in [2.75, 3.05) is 0 Å². The molecular weight excluding hydrogens is 310 g/mol. The molecule has 0 saturated heterocycles. The molecule has 1 nitrogen and oxygen atoms in total. The van der Waals surface area contributed by atoms with E-state index in [1.807, 2.05) is 0 Å². The van der Waals surface area contributed by atoms with Gasteiger partial charge in [-0.05, 0) is 67.6 Å². The van der Waals surface area contributed by atoms with Crippen LogP contribution in [0.2, 0.25) is 0 Å². The van der Waals surface area contributed by atoms with Crippen LogP contribution in [0.1, 0.15) is 32.1 Å². The Balaban J connectivity index is 1.70. The Kier molecular flexibility index (Phi) is 2.84. The molecule has 0 aliphatic heterocycles. The maximum Gasteiger partial charge on any atom is 0.426 e. The molecule has 0 radical (unpaired) electrons. The van der Waals surface area contributed by atoms with Gasteiger partial charge in [0.15, 0.2) is 0 Å². The van der Waals surface area contributed by atoms with Gasteiger partial charge in [-0.3, -0.25) is 0 Å². The summed E-state index contributed by atoms with van der Waals surface area (Å²) >= 11 is 0. The van der Waals surface area contributed by atoms with Gasteiger partial charge in [0.25, 0.3) is 5.60 Å². The van der Waals surface area contributed by atoms with Gasteiger partial charge in [-0.15, -0.1) is 0 Å². The lowest BCUT2D eigenvalue weighted by Crippen LogP contribution is -2.63. The fourth-order valence-electron chi connectivity index (χ4n) is 6.63. The Bertz CT molecular complexity index is 469. The van der Waals surface area contributed by atoms with Crippen LogP contribution in [0.3, 0.4) is 0 Å². The number of hydrogen-bond acceptors (Lipinski definition) is 1. The first-order chi connectivity index (χ1) is 10.1. The van der Waals surface area contributed by atoms with Gasteiger partial charge in [0.2, 0.25) is 0 Å². The molecule has 0 spiro atoms. The van der Waals surface area contributed by atoms with E-state index in [-0.39, 0.29) is 24.2 Å². The van der Waals surface area contributed by atoms with E-state index in [1.54, 1.807) is 0 Å². The van der Waals surface area contributed by atoms with Crippen molar-refractivity contribution in [2.45, 2.75) is 50.1 Å². The lowest BCUT2D eigenvalue weighted by atomic mass is 9.63. The normalized spacial score (nSPS) is 47.3. The predicted molar refractivity (Wildman–Crippen MR) is 64.6 cm³/mol. The molecule has 4 fully saturated rings. The fourth-order valence-corrected chi connectivity index (χ4v) is 6.63. The van der Waals surface area contributed by atoms with E-state index < -0.39 is 29.8 Å². The molecule has 126 valence electrons. The van der Waals surface area contributed by atoms with Crippen molar-refractivity contribution in [2.24, 2.45) is 41.4 Å². The number of hydrogen-bond donors (Lipinski definition) is 1. The first kappa shape index (κ1) is 15.1. The molecule has 7 unspecified atom stereocenters. The molecule has 4 aliphatic rings. The highest BCUT2D eigenvalue weighted by Gasteiger charge is 2.78. The van der Waals surface area contributed by atoms with Gasteiger partial charge in [-0.1, -0.05) is 0 Å². The van der Waals surface area contributed by atoms with E-state index in [0.29, 0.717) is 18.3 Å². The average molecular weight is 328 g/mol. The summed E-state index contributed by atoms with van der Waals surface area (Å²) in [5.41, 5.74) is -4.55. The zero-order valence-electron chi connectivity index (χ0n) is 11.8. The van der Waals surface area contributed by atoms with Gasteiger partial charge in [0.05, 0.1) is 0 Å². The van der Waals surface area contributed by atoms with Crippen LogP contribution >= 0.6 is 0 Å². The molecule has 22 heavy (non-hydrogen) atoms. The molecule has 0 amide bonds. The van der Waals surface area contributed by atoms with Gasteiger partial charge >= 0.3 is 12.4 Å². The molecule has 4 bridgehead atoms. The van der Waals surface area contributed by atoms with E-state index in [2.05, 4.69) is 0 Å². The Morgan fingerprint density at radius 1 is 0.682 bits per heavy atom. The highest BCUT2D eigenvalue weighted by atomic mass is 19.4. The maximum absolute atomic E-state index is 13.1. The molecular formula is C15H18F6O. The maximum atomic E-state index is 13.1. The fraction of sp³-hybridized carbons (Fsp3) is 1.00. The summed E-state index contributed by atoms with van der Waals surface area (Å²) in [6.07, 6.45) is -8.08. The second-order valence-corrected chi connectivity index (χ2v) is 7.75. The van der Waals surface area contributed by atoms with Crippen LogP contribution in [-0.4, -0.2) is 23.1 Å². The van der Waals surface area contributed by atoms with Crippen LogP contribution in [0.5, 0.6) is 0 Å². The van der Waals surface area contributed by atoms with Crippen LogP contribution in [0.15, 0.2) is 0 Å². The summed E-state index contributed by atoms with van der Waals surface area (Å²) in [6, 6.07) is 0. The minimum Gasteiger partial charge on any atom is -0.373 e. The van der Waals surface area contributed by atoms with Gasteiger partial charge in [0.1, 0.15) is 0 Å². The molecule has 7 heteroatoms. The topological polar surface area (TPSA) is 20.2 Å². The van der Waals surface area contributed by atoms with Crippen molar-refractivity contribution in [3.05, 3.63) is 0 Å². The Morgan fingerprint density at radius 2 is 1.23 bits per heavy atom. The summed E-state index contributed by atoms with van der Waals surface area (Å²) in [7, 11) is 0. The van der Waals surface area contributed by atoms with Crippen molar-refractivity contribution in [3.8, 4) is 0 Å². The largest absolute Gasteiger partial charge is 0.426 e. The summed E-state index contributed by atoms with van der Waals surface area (Å²) in [5.74, 6) is -1.36. The van der Waals surface area contributed by atoms with Crippen molar-refractivity contribution >= 4 is 0 Å². The SMILES string of the molecule is OC(C1CC2CC1C1C3CCC(C3)C21)(C(F)(F)F)C(F)(F)F. The monoisotopic (exact) mass is 328 g/mol. The summed E-state index contributed by atoms with van der Waals surface area (Å²) < 4.78 is 78.8. The molecule has 1 N–H and O–H groups in total. The van der Waals surface area contributed by atoms with E-state index in [0.717, 1.165) is 19.3 Å². The number of rotatable bonds is 1. The highest BCUT2D eigenvalue weighted by molar-refractivity contribution is 5.16. The lowest BCUT2D eigenvalue weighted by Gasteiger charge is -2.46. The van der Waals surface area contributed by atoms with E-state index in [4.69, 9.17) is 0 Å². The molecule has 0 aromatic carbocycles. The Morgan fingerprint density at radius 3 is 1.77 bits per heavy atom. The van der Waals surface area contributed by atoms with Gasteiger partial charge in [-0.2, -0.15) is 26.3 Å². The minimum absolute atomic E-state index is 0.0290. The number of halogens is 6. The minimum atomic E-state index is -5.67. The summed E-state index contributed by atoms with van der Waals surface area (Å²) in [4.78, 5) is 0. The van der Waals surface area contributed by atoms with Crippen LogP contribution in [0, 0.1) is 41.4 Å². The standard InChI is InChI=1S/C15H18F6O/c16-14(17,18)13(22,15(19,20)21)10-5-8-4-9(10)12-7-2-1-6(3-7)11(8)12/h6-12,22H,1-5H2. The Hall–Kier alpha value is -0.460.